The van der Waals surface area contributed by atoms with Gasteiger partial charge in [-0.05, 0) is 0 Å². The Morgan fingerprint density at radius 3 is 2.25 bits per heavy atom. The number of urea groups is 1. The Hall–Kier alpha value is -1.59. The highest BCUT2D eigenvalue weighted by Crippen LogP contribution is 1.72. The Morgan fingerprint density at radius 1 is 1.25 bits per heavy atom. The fourth-order valence-corrected chi connectivity index (χ4v) is 0.407. The van der Waals surface area contributed by atoms with E-state index in [2.05, 4.69) is 10.1 Å². The SMILES string of the molecule is CC(=O)NC(=O)NCOC(C)=O. The molecule has 0 spiro atoms. The van der Waals surface area contributed by atoms with E-state index in [-0.39, 0.29) is 6.73 Å². The Labute approximate surface area is 69.3 Å². The highest BCUT2D eigenvalue weighted by atomic mass is 16.5. The number of carbonyl (C=O) groups excluding carboxylic acids is 3. The van der Waals surface area contributed by atoms with Gasteiger partial charge in [-0.3, -0.25) is 14.9 Å². The van der Waals surface area contributed by atoms with Gasteiger partial charge in [0.15, 0.2) is 6.73 Å². The van der Waals surface area contributed by atoms with Gasteiger partial charge in [-0.2, -0.15) is 0 Å². The smallest absolute Gasteiger partial charge is 0.324 e. The van der Waals surface area contributed by atoms with Crippen LogP contribution in [-0.4, -0.2) is 24.6 Å². The molecule has 0 aromatic rings. The first kappa shape index (κ1) is 10.4. The summed E-state index contributed by atoms with van der Waals surface area (Å²) in [6.07, 6.45) is 0. The Bertz CT molecular complexity index is 202. The summed E-state index contributed by atoms with van der Waals surface area (Å²) < 4.78 is 4.37. The molecule has 0 rings (SSSR count). The van der Waals surface area contributed by atoms with Crippen molar-refractivity contribution in [3.63, 3.8) is 0 Å². The molecule has 0 fully saturated rings. The molecule has 0 aliphatic carbocycles. The number of hydrogen-bond donors (Lipinski definition) is 2. The number of esters is 1. The molecular weight excluding hydrogens is 164 g/mol. The summed E-state index contributed by atoms with van der Waals surface area (Å²) in [6, 6.07) is -0.691. The lowest BCUT2D eigenvalue weighted by molar-refractivity contribution is -0.141. The molecule has 0 saturated carbocycles. The second-order valence-electron chi connectivity index (χ2n) is 1.97. The van der Waals surface area contributed by atoms with Crippen molar-refractivity contribution in [3.05, 3.63) is 0 Å². The quantitative estimate of drug-likeness (QED) is 0.430. The molecule has 0 radical (unpaired) electrons. The summed E-state index contributed by atoms with van der Waals surface area (Å²) in [5.41, 5.74) is 0. The van der Waals surface area contributed by atoms with Gasteiger partial charge in [0.25, 0.3) is 0 Å². The third kappa shape index (κ3) is 6.53. The van der Waals surface area contributed by atoms with Crippen molar-refractivity contribution in [1.82, 2.24) is 10.6 Å². The molecule has 6 heteroatoms. The van der Waals surface area contributed by atoms with Gasteiger partial charge < -0.3 is 10.1 Å². The molecule has 0 aromatic carbocycles. The maximum absolute atomic E-state index is 10.6. The highest BCUT2D eigenvalue weighted by Gasteiger charge is 2.01. The molecule has 6 nitrogen and oxygen atoms in total. The number of ether oxygens (including phenoxy) is 1. The maximum atomic E-state index is 10.6. The zero-order valence-electron chi connectivity index (χ0n) is 6.84. The lowest BCUT2D eigenvalue weighted by Crippen LogP contribution is -2.39. The molecule has 12 heavy (non-hydrogen) atoms. The third-order valence-electron chi connectivity index (χ3n) is 0.798. The highest BCUT2D eigenvalue weighted by molar-refractivity contribution is 5.92. The number of imide groups is 1. The van der Waals surface area contributed by atoms with Crippen molar-refractivity contribution in [1.29, 1.82) is 0 Å². The van der Waals surface area contributed by atoms with Crippen LogP contribution in [0.4, 0.5) is 4.79 Å². The van der Waals surface area contributed by atoms with E-state index in [1.165, 1.54) is 13.8 Å². The van der Waals surface area contributed by atoms with Gasteiger partial charge in [0.05, 0.1) is 0 Å². The summed E-state index contributed by atoms with van der Waals surface area (Å²) in [5, 5.41) is 4.07. The van der Waals surface area contributed by atoms with Crippen LogP contribution in [0.3, 0.4) is 0 Å². The van der Waals surface area contributed by atoms with Crippen LogP contribution in [0.2, 0.25) is 0 Å². The monoisotopic (exact) mass is 174 g/mol. The van der Waals surface area contributed by atoms with Gasteiger partial charge in [0.1, 0.15) is 0 Å². The number of nitrogens with one attached hydrogen (secondary N) is 2. The molecule has 0 aliphatic heterocycles. The molecule has 0 heterocycles. The van der Waals surface area contributed by atoms with Crippen molar-refractivity contribution >= 4 is 17.9 Å². The van der Waals surface area contributed by atoms with Crippen LogP contribution in [0.1, 0.15) is 13.8 Å². The summed E-state index contributed by atoms with van der Waals surface area (Å²) in [4.78, 5) is 31.1. The second kappa shape index (κ2) is 5.11. The molecule has 2 N–H and O–H groups in total. The molecule has 0 saturated heterocycles. The first-order valence-electron chi connectivity index (χ1n) is 3.21. The van der Waals surface area contributed by atoms with Gasteiger partial charge >= 0.3 is 12.0 Å². The largest absolute Gasteiger partial charge is 0.445 e. The van der Waals surface area contributed by atoms with Crippen LogP contribution < -0.4 is 10.6 Å². The van der Waals surface area contributed by atoms with Crippen molar-refractivity contribution in [2.45, 2.75) is 13.8 Å². The minimum absolute atomic E-state index is 0.242. The fourth-order valence-electron chi connectivity index (χ4n) is 0.407. The van der Waals surface area contributed by atoms with Gasteiger partial charge in [-0.1, -0.05) is 0 Å². The van der Waals surface area contributed by atoms with Gasteiger partial charge in [0.2, 0.25) is 5.91 Å². The average Bonchev–Trinajstić information content (AvgIpc) is 1.84. The molecule has 0 unspecified atom stereocenters. The number of hydrogen-bond acceptors (Lipinski definition) is 4. The number of rotatable bonds is 2. The van der Waals surface area contributed by atoms with Crippen LogP contribution in [-0.2, 0) is 14.3 Å². The first-order chi connectivity index (χ1) is 5.52. The van der Waals surface area contributed by atoms with E-state index in [4.69, 9.17) is 0 Å². The molecule has 0 atom stereocenters. The summed E-state index contributed by atoms with van der Waals surface area (Å²) in [5.74, 6) is -0.978. The predicted molar refractivity (Wildman–Crippen MR) is 39.0 cm³/mol. The Kier molecular flexibility index (Phi) is 4.43. The van der Waals surface area contributed by atoms with E-state index in [1.807, 2.05) is 5.32 Å². The van der Waals surface area contributed by atoms with E-state index >= 15 is 0 Å². The van der Waals surface area contributed by atoms with E-state index in [9.17, 15) is 14.4 Å². The molecule has 0 aromatic heterocycles. The van der Waals surface area contributed by atoms with Gasteiger partial charge in [-0.15, -0.1) is 0 Å². The van der Waals surface area contributed by atoms with Crippen LogP contribution in [0.25, 0.3) is 0 Å². The van der Waals surface area contributed by atoms with E-state index < -0.39 is 17.9 Å². The Balaban J connectivity index is 3.44. The normalized spacial score (nSPS) is 8.50. The zero-order chi connectivity index (χ0) is 9.56. The lowest BCUT2D eigenvalue weighted by Gasteiger charge is -2.03. The van der Waals surface area contributed by atoms with Gasteiger partial charge in [0, 0.05) is 13.8 Å². The van der Waals surface area contributed by atoms with E-state index in [0.717, 1.165) is 0 Å². The summed E-state index contributed by atoms with van der Waals surface area (Å²) in [6.45, 7) is 2.17. The van der Waals surface area contributed by atoms with Crippen molar-refractivity contribution < 1.29 is 19.1 Å². The molecule has 0 aliphatic rings. The molecular formula is C6H10N2O4. The lowest BCUT2D eigenvalue weighted by atomic mass is 10.7. The molecule has 68 valence electrons. The van der Waals surface area contributed by atoms with Crippen molar-refractivity contribution in [2.24, 2.45) is 0 Å². The first-order valence-corrected chi connectivity index (χ1v) is 3.21. The molecule has 3 amide bonds. The van der Waals surface area contributed by atoms with Crippen molar-refractivity contribution in [3.8, 4) is 0 Å². The topological polar surface area (TPSA) is 84.5 Å². The molecule has 0 bridgehead atoms. The summed E-state index contributed by atoms with van der Waals surface area (Å²) in [7, 11) is 0. The summed E-state index contributed by atoms with van der Waals surface area (Å²) >= 11 is 0. The maximum Gasteiger partial charge on any atom is 0.324 e. The van der Waals surface area contributed by atoms with E-state index in [1.54, 1.807) is 0 Å². The fraction of sp³-hybridized carbons (Fsp3) is 0.500. The van der Waals surface area contributed by atoms with Crippen LogP contribution in [0.5, 0.6) is 0 Å². The third-order valence-corrected chi connectivity index (χ3v) is 0.798. The predicted octanol–water partition coefficient (Wildman–Crippen LogP) is -0.647. The van der Waals surface area contributed by atoms with Crippen LogP contribution in [0.15, 0.2) is 0 Å². The van der Waals surface area contributed by atoms with Crippen LogP contribution in [0, 0.1) is 0 Å². The average molecular weight is 174 g/mol. The van der Waals surface area contributed by atoms with Crippen LogP contribution >= 0.6 is 0 Å². The number of amides is 3. The second-order valence-corrected chi connectivity index (χ2v) is 1.97. The van der Waals surface area contributed by atoms with Crippen molar-refractivity contribution in [2.75, 3.05) is 6.73 Å². The standard InChI is InChI=1S/C6H10N2O4/c1-4(9)8-6(11)7-3-12-5(2)10/h3H2,1-2H3,(H2,7,8,9,11). The minimum Gasteiger partial charge on any atom is -0.445 e. The minimum atomic E-state index is -0.691. The Morgan fingerprint density at radius 2 is 1.83 bits per heavy atom. The van der Waals surface area contributed by atoms with E-state index in [0.29, 0.717) is 0 Å². The number of carbonyl (C=O) groups is 3. The van der Waals surface area contributed by atoms with Gasteiger partial charge in [-0.25, -0.2) is 4.79 Å². The zero-order valence-corrected chi connectivity index (χ0v) is 6.84.